The molecule has 2 rings (SSSR count). The zero-order valence-corrected chi connectivity index (χ0v) is 9.69. The molecule has 1 N–H and O–H groups in total. The molecule has 1 aromatic rings. The first-order valence-corrected chi connectivity index (χ1v) is 5.53. The maximum atomic E-state index is 13.7. The van der Waals surface area contributed by atoms with Gasteiger partial charge in [0.2, 0.25) is 0 Å². The Morgan fingerprint density at radius 1 is 1.67 bits per heavy atom. The minimum absolute atomic E-state index is 0.138. The molecule has 0 spiro atoms. The molecule has 0 saturated heterocycles. The molecule has 0 bridgehead atoms. The third kappa shape index (κ3) is 2.44. The van der Waals surface area contributed by atoms with Crippen LogP contribution in [-0.2, 0) is 16.0 Å². The van der Waals surface area contributed by atoms with Gasteiger partial charge in [0, 0.05) is 0 Å². The highest BCUT2D eigenvalue weighted by Crippen LogP contribution is 2.16. The molecule has 1 aromatic carbocycles. The molecule has 0 radical (unpaired) electrons. The van der Waals surface area contributed by atoms with Gasteiger partial charge in [-0.25, -0.2) is 9.18 Å². The van der Waals surface area contributed by atoms with Crippen molar-refractivity contribution in [2.24, 2.45) is 0 Å². The lowest BCUT2D eigenvalue weighted by Crippen LogP contribution is -2.29. The van der Waals surface area contributed by atoms with Crippen LogP contribution in [0, 0.1) is 5.82 Å². The second kappa shape index (κ2) is 5.33. The van der Waals surface area contributed by atoms with Crippen molar-refractivity contribution >= 4 is 18.6 Å². The summed E-state index contributed by atoms with van der Waals surface area (Å²) in [6.07, 6.45) is 2.11. The van der Waals surface area contributed by atoms with Gasteiger partial charge in [0.1, 0.15) is 5.82 Å². The van der Waals surface area contributed by atoms with E-state index in [2.05, 4.69) is 6.58 Å². The van der Waals surface area contributed by atoms with Gasteiger partial charge in [-0.05, 0) is 29.6 Å². The smallest absolute Gasteiger partial charge is 0.462 e. The third-order valence-corrected chi connectivity index (χ3v) is 2.67. The molecule has 18 heavy (non-hydrogen) atoms. The van der Waals surface area contributed by atoms with E-state index in [0.29, 0.717) is 17.4 Å². The summed E-state index contributed by atoms with van der Waals surface area (Å²) in [5.41, 5.74) is 0.761. The number of fused-ring (bicyclic) bond motifs is 1. The van der Waals surface area contributed by atoms with Gasteiger partial charge in [0.05, 0.1) is 18.8 Å². The van der Waals surface area contributed by atoms with Gasteiger partial charge in [0.15, 0.2) is 0 Å². The van der Waals surface area contributed by atoms with E-state index >= 15 is 0 Å². The Morgan fingerprint density at radius 3 is 3.17 bits per heavy atom. The number of halogens is 1. The van der Waals surface area contributed by atoms with Crippen molar-refractivity contribution in [2.75, 3.05) is 6.61 Å². The van der Waals surface area contributed by atoms with E-state index in [0.717, 1.165) is 0 Å². The summed E-state index contributed by atoms with van der Waals surface area (Å²) in [7, 11) is -1.11. The van der Waals surface area contributed by atoms with Crippen LogP contribution >= 0.6 is 0 Å². The Labute approximate surface area is 104 Å². The van der Waals surface area contributed by atoms with E-state index in [1.807, 2.05) is 0 Å². The average molecular weight is 250 g/mol. The molecule has 94 valence electrons. The molecular formula is C12H12BFO4. The Kier molecular flexibility index (Phi) is 3.79. The van der Waals surface area contributed by atoms with Gasteiger partial charge < -0.3 is 14.4 Å². The maximum absolute atomic E-state index is 13.7. The van der Waals surface area contributed by atoms with Crippen molar-refractivity contribution in [1.29, 1.82) is 0 Å². The van der Waals surface area contributed by atoms with Crippen LogP contribution in [0.25, 0.3) is 0 Å². The number of hydrogen-bond donors (Lipinski definition) is 1. The monoisotopic (exact) mass is 250 g/mol. The van der Waals surface area contributed by atoms with Crippen LogP contribution in [0.4, 0.5) is 4.39 Å². The Morgan fingerprint density at radius 2 is 2.44 bits per heavy atom. The van der Waals surface area contributed by atoms with Gasteiger partial charge in [-0.1, -0.05) is 6.08 Å². The van der Waals surface area contributed by atoms with E-state index in [1.54, 1.807) is 6.08 Å². The van der Waals surface area contributed by atoms with Crippen LogP contribution in [0.5, 0.6) is 0 Å². The zero-order chi connectivity index (χ0) is 13.1. The van der Waals surface area contributed by atoms with Gasteiger partial charge in [-0.15, -0.1) is 6.58 Å². The highest BCUT2D eigenvalue weighted by atomic mass is 19.1. The summed E-state index contributed by atoms with van der Waals surface area (Å²) in [5, 5.41) is 9.48. The molecular weight excluding hydrogens is 238 g/mol. The van der Waals surface area contributed by atoms with Crippen molar-refractivity contribution in [2.45, 2.75) is 13.0 Å². The normalized spacial score (nSPS) is 13.3. The van der Waals surface area contributed by atoms with Crippen molar-refractivity contribution in [1.82, 2.24) is 0 Å². The largest absolute Gasteiger partial charge is 0.491 e. The topological polar surface area (TPSA) is 55.8 Å². The fourth-order valence-electron chi connectivity index (χ4n) is 1.71. The molecule has 1 aliphatic rings. The summed E-state index contributed by atoms with van der Waals surface area (Å²) < 4.78 is 23.5. The van der Waals surface area contributed by atoms with Crippen molar-refractivity contribution in [3.63, 3.8) is 0 Å². The highest BCUT2D eigenvalue weighted by Gasteiger charge is 2.30. The number of esters is 1. The lowest BCUT2D eigenvalue weighted by atomic mass is 9.78. The molecule has 0 amide bonds. The number of rotatable bonds is 4. The van der Waals surface area contributed by atoms with Crippen molar-refractivity contribution in [3.8, 4) is 0 Å². The Hall–Kier alpha value is -1.66. The van der Waals surface area contributed by atoms with Crippen LogP contribution in [-0.4, -0.2) is 24.7 Å². The van der Waals surface area contributed by atoms with E-state index in [1.165, 1.54) is 12.1 Å². The molecule has 0 saturated carbocycles. The first-order chi connectivity index (χ1) is 8.63. The van der Waals surface area contributed by atoms with Crippen LogP contribution in [0.1, 0.15) is 22.3 Å². The third-order valence-electron chi connectivity index (χ3n) is 2.67. The van der Waals surface area contributed by atoms with Crippen LogP contribution in [0.15, 0.2) is 24.8 Å². The summed E-state index contributed by atoms with van der Waals surface area (Å²) in [6.45, 7) is 3.78. The van der Waals surface area contributed by atoms with E-state index < -0.39 is 18.9 Å². The summed E-state index contributed by atoms with van der Waals surface area (Å²) in [6, 6.07) is 2.47. The second-order valence-corrected chi connectivity index (χ2v) is 3.91. The van der Waals surface area contributed by atoms with Crippen LogP contribution < -0.4 is 5.46 Å². The van der Waals surface area contributed by atoms with Crippen LogP contribution in [0.3, 0.4) is 0 Å². The molecule has 0 atom stereocenters. The first kappa shape index (κ1) is 12.8. The number of ether oxygens (including phenoxy) is 1. The van der Waals surface area contributed by atoms with Gasteiger partial charge in [-0.2, -0.15) is 0 Å². The summed E-state index contributed by atoms with van der Waals surface area (Å²) >= 11 is 0. The molecule has 0 aliphatic carbocycles. The lowest BCUT2D eigenvalue weighted by molar-refractivity contribution is 0.0506. The zero-order valence-electron chi connectivity index (χ0n) is 9.69. The van der Waals surface area contributed by atoms with Crippen LogP contribution in [0.2, 0.25) is 0 Å². The van der Waals surface area contributed by atoms with E-state index in [9.17, 15) is 14.2 Å². The van der Waals surface area contributed by atoms with Gasteiger partial charge in [-0.3, -0.25) is 0 Å². The molecule has 0 aromatic heterocycles. The first-order valence-electron chi connectivity index (χ1n) is 5.53. The molecule has 0 fully saturated rings. The minimum Gasteiger partial charge on any atom is -0.462 e. The molecule has 4 nitrogen and oxygen atoms in total. The number of carbonyl (C=O) groups is 1. The number of benzene rings is 1. The number of carbonyl (C=O) groups excluding carboxylic acids is 1. The predicted molar refractivity (Wildman–Crippen MR) is 63.9 cm³/mol. The molecule has 1 aliphatic heterocycles. The second-order valence-electron chi connectivity index (χ2n) is 3.91. The van der Waals surface area contributed by atoms with Gasteiger partial charge >= 0.3 is 13.1 Å². The van der Waals surface area contributed by atoms with Crippen molar-refractivity contribution < 1.29 is 23.6 Å². The minimum atomic E-state index is -1.11. The fraction of sp³-hybridized carbons (Fsp3) is 0.250. The van der Waals surface area contributed by atoms with Crippen molar-refractivity contribution in [3.05, 3.63) is 41.7 Å². The highest BCUT2D eigenvalue weighted by molar-refractivity contribution is 6.61. The standard InChI is InChI=1S/C12H12BFO4/c1-2-3-4-17-12(15)9-6-10-8(5-11(9)14)7-18-13(10)16/h2,5-6,16H,1,3-4,7H2. The van der Waals surface area contributed by atoms with E-state index in [4.69, 9.17) is 9.39 Å². The maximum Gasteiger partial charge on any atom is 0.491 e. The Balaban J connectivity index is 2.20. The molecule has 1 heterocycles. The Bertz CT molecular complexity index is 489. The molecule has 6 heteroatoms. The average Bonchev–Trinajstić information content (AvgIpc) is 2.69. The fourth-order valence-corrected chi connectivity index (χ4v) is 1.71. The lowest BCUT2D eigenvalue weighted by Gasteiger charge is -2.06. The predicted octanol–water partition coefficient (Wildman–Crippen LogP) is 0.776. The summed E-state index contributed by atoms with van der Waals surface area (Å²) in [5.74, 6) is -1.42. The SMILES string of the molecule is C=CCCOC(=O)c1cc2c(cc1F)COB2O. The van der Waals surface area contributed by atoms with Gasteiger partial charge in [0.25, 0.3) is 0 Å². The quantitative estimate of drug-likeness (QED) is 0.371. The van der Waals surface area contributed by atoms with E-state index in [-0.39, 0.29) is 18.8 Å². The number of hydrogen-bond acceptors (Lipinski definition) is 4. The summed E-state index contributed by atoms with van der Waals surface area (Å²) in [4.78, 5) is 11.6. The molecule has 0 unspecified atom stereocenters.